The molecule has 0 bridgehead atoms. The first-order valence-corrected chi connectivity index (χ1v) is 13.8. The molecular formula is C26H31N7O2S. The van der Waals surface area contributed by atoms with Gasteiger partial charge in [0.2, 0.25) is 10.0 Å². The summed E-state index contributed by atoms with van der Waals surface area (Å²) in [7, 11) is -3.83. The largest absolute Gasteiger partial charge is 0.384 e. The topological polar surface area (TPSA) is 153 Å². The van der Waals surface area contributed by atoms with Gasteiger partial charge in [0.05, 0.1) is 4.90 Å². The molecule has 1 atom stereocenters. The summed E-state index contributed by atoms with van der Waals surface area (Å²) in [6.45, 7) is 0.756. The molecule has 0 spiro atoms. The maximum Gasteiger partial charge on any atom is 0.238 e. The lowest BCUT2D eigenvalue weighted by Crippen LogP contribution is -2.34. The Bertz CT molecular complexity index is 1430. The number of aromatic nitrogens is 4. The fourth-order valence-electron chi connectivity index (χ4n) is 5.35. The summed E-state index contributed by atoms with van der Waals surface area (Å²) in [4.78, 5) is 4.36. The van der Waals surface area contributed by atoms with Gasteiger partial charge < -0.3 is 11.1 Å². The molecule has 0 aliphatic heterocycles. The van der Waals surface area contributed by atoms with Crippen LogP contribution in [0.5, 0.6) is 0 Å². The number of H-pyrrole nitrogens is 1. The van der Waals surface area contributed by atoms with Gasteiger partial charge in [-0.3, -0.25) is 0 Å². The van der Waals surface area contributed by atoms with Crippen molar-refractivity contribution in [2.75, 3.05) is 12.3 Å². The van der Waals surface area contributed by atoms with E-state index >= 15 is 0 Å². The Morgan fingerprint density at radius 1 is 1.03 bits per heavy atom. The first-order chi connectivity index (χ1) is 17.4. The molecule has 2 aromatic carbocycles. The second-order valence-corrected chi connectivity index (χ2v) is 11.1. The standard InChI is InChI=1S/C26H31N7O2S/c27-24-16-23(25-26(30-24)32-33-31-25)22(19-7-4-8-21(15-19)36(28,34)35)13-14-29-20-11-9-18(10-12-20)17-5-2-1-3-6-17/h1-8,15-16,18,20,22,29H,9-14H2,(H2,28,34,35)(H3,27,30,31,32,33)/t18-,20-,22?. The lowest BCUT2D eigenvalue weighted by atomic mass is 9.81. The van der Waals surface area contributed by atoms with Gasteiger partial charge in [-0.15, -0.1) is 5.10 Å². The molecule has 1 saturated carbocycles. The number of pyridine rings is 1. The van der Waals surface area contributed by atoms with E-state index in [-0.39, 0.29) is 10.8 Å². The number of hydrogen-bond acceptors (Lipinski definition) is 7. The predicted molar refractivity (Wildman–Crippen MR) is 140 cm³/mol. The third kappa shape index (κ3) is 5.40. The number of rotatable bonds is 8. The van der Waals surface area contributed by atoms with Crippen molar-refractivity contribution in [1.82, 2.24) is 25.7 Å². The molecule has 6 N–H and O–H groups in total. The maximum absolute atomic E-state index is 12.0. The highest BCUT2D eigenvalue weighted by molar-refractivity contribution is 7.89. The zero-order valence-electron chi connectivity index (χ0n) is 20.0. The number of primary sulfonamides is 1. The van der Waals surface area contributed by atoms with Gasteiger partial charge in [-0.05, 0) is 79.5 Å². The Labute approximate surface area is 210 Å². The number of hydrogen-bond donors (Lipinski definition) is 4. The molecule has 2 heterocycles. The summed E-state index contributed by atoms with van der Waals surface area (Å²) in [5.74, 6) is 0.805. The van der Waals surface area contributed by atoms with E-state index in [1.54, 1.807) is 18.2 Å². The van der Waals surface area contributed by atoms with Crippen molar-refractivity contribution in [1.29, 1.82) is 0 Å². The van der Waals surface area contributed by atoms with Crippen LogP contribution in [0.3, 0.4) is 0 Å². The molecule has 9 nitrogen and oxygen atoms in total. The van der Waals surface area contributed by atoms with Crippen LogP contribution in [-0.2, 0) is 10.0 Å². The van der Waals surface area contributed by atoms with Crippen molar-refractivity contribution >= 4 is 27.0 Å². The first-order valence-electron chi connectivity index (χ1n) is 12.3. The Kier molecular flexibility index (Phi) is 6.99. The monoisotopic (exact) mass is 505 g/mol. The number of nitrogens with two attached hydrogens (primary N) is 2. The number of nitrogens with one attached hydrogen (secondary N) is 2. The first kappa shape index (κ1) is 24.4. The molecule has 2 aromatic heterocycles. The zero-order valence-corrected chi connectivity index (χ0v) is 20.8. The van der Waals surface area contributed by atoms with Crippen molar-refractivity contribution in [2.24, 2.45) is 5.14 Å². The van der Waals surface area contributed by atoms with E-state index in [9.17, 15) is 8.42 Å². The zero-order chi connectivity index (χ0) is 25.1. The van der Waals surface area contributed by atoms with Crippen LogP contribution in [0.25, 0.3) is 11.2 Å². The number of aromatic amines is 1. The number of nitrogen functional groups attached to an aromatic ring is 1. The van der Waals surface area contributed by atoms with E-state index < -0.39 is 10.0 Å². The lowest BCUT2D eigenvalue weighted by Gasteiger charge is -2.30. The van der Waals surface area contributed by atoms with E-state index in [0.717, 1.165) is 36.9 Å². The number of sulfonamides is 1. The normalized spacial score (nSPS) is 19.4. The summed E-state index contributed by atoms with van der Waals surface area (Å²) in [6.07, 6.45) is 5.31. The molecule has 36 heavy (non-hydrogen) atoms. The van der Waals surface area contributed by atoms with E-state index in [1.165, 1.54) is 24.5 Å². The summed E-state index contributed by atoms with van der Waals surface area (Å²) in [5.41, 5.74) is 10.3. The Balaban J connectivity index is 1.34. The Morgan fingerprint density at radius 2 is 1.81 bits per heavy atom. The number of nitrogens with zero attached hydrogens (tertiary/aromatic N) is 3. The van der Waals surface area contributed by atoms with Crippen LogP contribution < -0.4 is 16.2 Å². The van der Waals surface area contributed by atoms with Gasteiger partial charge in [0.1, 0.15) is 11.3 Å². The van der Waals surface area contributed by atoms with Crippen molar-refractivity contribution in [3.8, 4) is 0 Å². The van der Waals surface area contributed by atoms with Crippen molar-refractivity contribution in [3.05, 3.63) is 77.4 Å². The fourth-order valence-corrected chi connectivity index (χ4v) is 5.92. The highest BCUT2D eigenvalue weighted by atomic mass is 32.2. The van der Waals surface area contributed by atoms with Crippen LogP contribution in [0.1, 0.15) is 60.6 Å². The van der Waals surface area contributed by atoms with Crippen LogP contribution >= 0.6 is 0 Å². The molecule has 4 aromatic rings. The molecular weight excluding hydrogens is 474 g/mol. The number of fused-ring (bicyclic) bond motifs is 1. The molecule has 0 amide bonds. The predicted octanol–water partition coefficient (Wildman–Crippen LogP) is 3.42. The van der Waals surface area contributed by atoms with E-state index in [4.69, 9.17) is 10.9 Å². The van der Waals surface area contributed by atoms with Gasteiger partial charge in [-0.25, -0.2) is 23.6 Å². The average Bonchev–Trinajstić information content (AvgIpc) is 3.35. The van der Waals surface area contributed by atoms with Gasteiger partial charge in [0.25, 0.3) is 0 Å². The van der Waals surface area contributed by atoms with Crippen LogP contribution in [0.15, 0.2) is 65.6 Å². The van der Waals surface area contributed by atoms with Gasteiger partial charge in [0, 0.05) is 12.0 Å². The summed E-state index contributed by atoms with van der Waals surface area (Å²) >= 11 is 0. The van der Waals surface area contributed by atoms with Gasteiger partial charge >= 0.3 is 0 Å². The summed E-state index contributed by atoms with van der Waals surface area (Å²) in [6, 6.07) is 19.8. The highest BCUT2D eigenvalue weighted by Gasteiger charge is 2.24. The minimum atomic E-state index is -3.83. The van der Waals surface area contributed by atoms with Crippen LogP contribution in [0, 0.1) is 0 Å². The second kappa shape index (κ2) is 10.3. The number of anilines is 1. The second-order valence-electron chi connectivity index (χ2n) is 9.52. The third-order valence-electron chi connectivity index (χ3n) is 7.18. The minimum absolute atomic E-state index is 0.0793. The number of benzene rings is 2. The fraction of sp³-hybridized carbons (Fsp3) is 0.346. The average molecular weight is 506 g/mol. The molecule has 1 unspecified atom stereocenters. The van der Waals surface area contributed by atoms with Crippen LogP contribution in [0.4, 0.5) is 5.82 Å². The van der Waals surface area contributed by atoms with Crippen molar-refractivity contribution in [3.63, 3.8) is 0 Å². The molecule has 0 radical (unpaired) electrons. The molecule has 188 valence electrons. The molecule has 1 aliphatic carbocycles. The van der Waals surface area contributed by atoms with Gasteiger partial charge in [-0.1, -0.05) is 47.7 Å². The molecule has 10 heteroatoms. The summed E-state index contributed by atoms with van der Waals surface area (Å²) < 4.78 is 24.1. The van der Waals surface area contributed by atoms with Gasteiger partial charge in [-0.2, -0.15) is 0 Å². The van der Waals surface area contributed by atoms with E-state index in [1.807, 2.05) is 6.07 Å². The van der Waals surface area contributed by atoms with Crippen LogP contribution in [0.2, 0.25) is 0 Å². The molecule has 0 saturated heterocycles. The minimum Gasteiger partial charge on any atom is -0.384 e. The molecule has 1 aliphatic rings. The van der Waals surface area contributed by atoms with Gasteiger partial charge in [0.15, 0.2) is 5.65 Å². The Hall–Kier alpha value is -3.34. The van der Waals surface area contributed by atoms with Crippen LogP contribution in [-0.4, -0.2) is 41.4 Å². The third-order valence-corrected chi connectivity index (χ3v) is 8.09. The van der Waals surface area contributed by atoms with Crippen molar-refractivity contribution in [2.45, 2.75) is 54.9 Å². The highest BCUT2D eigenvalue weighted by Crippen LogP contribution is 2.35. The van der Waals surface area contributed by atoms with Crippen molar-refractivity contribution < 1.29 is 8.42 Å². The molecule has 5 rings (SSSR count). The maximum atomic E-state index is 12.0. The SMILES string of the molecule is Nc1cc(C(CCN[C@H]2CC[C@H](c3ccccc3)CC2)c2cccc(S(N)(=O)=O)c2)c2nn[nH]c2n1. The van der Waals surface area contributed by atoms with E-state index in [2.05, 4.69) is 56.0 Å². The summed E-state index contributed by atoms with van der Waals surface area (Å²) in [5, 5.41) is 20.1. The molecule has 1 fully saturated rings. The lowest BCUT2D eigenvalue weighted by molar-refractivity contribution is 0.340. The Morgan fingerprint density at radius 3 is 2.56 bits per heavy atom. The quantitative estimate of drug-likeness (QED) is 0.286. The van der Waals surface area contributed by atoms with E-state index in [0.29, 0.717) is 28.9 Å². The smallest absolute Gasteiger partial charge is 0.238 e.